The van der Waals surface area contributed by atoms with E-state index in [-0.39, 0.29) is 5.82 Å². The number of nitrogen functional groups attached to an aromatic ring is 1. The molecule has 1 aromatic carbocycles. The van der Waals surface area contributed by atoms with E-state index in [1.165, 1.54) is 23.5 Å². The lowest BCUT2D eigenvalue weighted by Crippen LogP contribution is -1.90. The summed E-state index contributed by atoms with van der Waals surface area (Å²) in [5.41, 5.74) is 8.46. The van der Waals surface area contributed by atoms with Crippen LogP contribution in [-0.2, 0) is 6.42 Å². The molecule has 0 aliphatic carbocycles. The number of rotatable bonds is 3. The molecule has 0 aliphatic heterocycles. The first-order valence-corrected chi connectivity index (χ1v) is 6.45. The zero-order valence-electron chi connectivity index (χ0n) is 9.96. The van der Waals surface area contributed by atoms with Gasteiger partial charge in [0.1, 0.15) is 16.5 Å². The fourth-order valence-corrected chi connectivity index (χ4v) is 2.69. The Bertz CT molecular complexity index is 534. The molecule has 0 aliphatic rings. The lowest BCUT2D eigenvalue weighted by Gasteiger charge is -2.03. The van der Waals surface area contributed by atoms with E-state index >= 15 is 0 Å². The van der Waals surface area contributed by atoms with Crippen molar-refractivity contribution in [1.82, 2.24) is 4.98 Å². The van der Waals surface area contributed by atoms with E-state index in [2.05, 4.69) is 11.9 Å². The van der Waals surface area contributed by atoms with E-state index in [1.807, 2.05) is 6.92 Å². The third-order valence-corrected chi connectivity index (χ3v) is 3.56. The first-order valence-electron chi connectivity index (χ1n) is 5.63. The van der Waals surface area contributed by atoms with Crippen LogP contribution in [0.5, 0.6) is 0 Å². The van der Waals surface area contributed by atoms with Crippen LogP contribution in [-0.4, -0.2) is 4.98 Å². The molecule has 0 spiro atoms. The maximum Gasteiger partial charge on any atom is 0.123 e. The predicted octanol–water partition coefficient (Wildman–Crippen LogP) is 3.79. The molecule has 0 atom stereocenters. The maximum atomic E-state index is 13.3. The number of anilines is 1. The van der Waals surface area contributed by atoms with Gasteiger partial charge in [-0.05, 0) is 37.5 Å². The highest BCUT2D eigenvalue weighted by atomic mass is 32.1. The normalized spacial score (nSPS) is 10.8. The summed E-state index contributed by atoms with van der Waals surface area (Å²) in [6, 6.07) is 4.70. The molecule has 0 saturated heterocycles. The summed E-state index contributed by atoms with van der Waals surface area (Å²) in [6.07, 6.45) is 1.96. The Hall–Kier alpha value is -1.42. The van der Waals surface area contributed by atoms with Crippen LogP contribution in [0.4, 0.5) is 9.39 Å². The lowest BCUT2D eigenvalue weighted by molar-refractivity contribution is 0.628. The average Bonchev–Trinajstić information content (AvgIpc) is 2.64. The van der Waals surface area contributed by atoms with Crippen LogP contribution in [0.15, 0.2) is 18.2 Å². The molecule has 2 nitrogen and oxygen atoms in total. The van der Waals surface area contributed by atoms with Gasteiger partial charge in [-0.3, -0.25) is 0 Å². The fourth-order valence-electron chi connectivity index (χ4n) is 1.74. The number of halogens is 1. The molecule has 0 unspecified atom stereocenters. The summed E-state index contributed by atoms with van der Waals surface area (Å²) in [4.78, 5) is 4.50. The summed E-state index contributed by atoms with van der Waals surface area (Å²) in [6.45, 7) is 4.04. The van der Waals surface area contributed by atoms with Gasteiger partial charge in [-0.25, -0.2) is 9.37 Å². The second kappa shape index (κ2) is 4.84. The van der Waals surface area contributed by atoms with E-state index in [4.69, 9.17) is 5.73 Å². The molecule has 0 fully saturated rings. The van der Waals surface area contributed by atoms with Gasteiger partial charge in [-0.2, -0.15) is 0 Å². The van der Waals surface area contributed by atoms with E-state index in [9.17, 15) is 4.39 Å². The maximum absolute atomic E-state index is 13.3. The zero-order valence-corrected chi connectivity index (χ0v) is 10.8. The molecule has 90 valence electrons. The predicted molar refractivity (Wildman–Crippen MR) is 70.7 cm³/mol. The zero-order chi connectivity index (χ0) is 12.4. The van der Waals surface area contributed by atoms with Crippen molar-refractivity contribution in [1.29, 1.82) is 0 Å². The Kier molecular flexibility index (Phi) is 3.43. The number of hydrogen-bond acceptors (Lipinski definition) is 3. The molecule has 0 amide bonds. The van der Waals surface area contributed by atoms with E-state index in [1.54, 1.807) is 6.07 Å². The molecule has 0 bridgehead atoms. The summed E-state index contributed by atoms with van der Waals surface area (Å²) in [5, 5.41) is 1.69. The van der Waals surface area contributed by atoms with Crippen LogP contribution in [0.1, 0.15) is 23.9 Å². The summed E-state index contributed by atoms with van der Waals surface area (Å²) in [5.74, 6) is -0.255. The number of thiazole rings is 1. The second-order valence-electron chi connectivity index (χ2n) is 4.03. The van der Waals surface area contributed by atoms with Crippen LogP contribution in [0.2, 0.25) is 0 Å². The molecule has 1 heterocycles. The Morgan fingerprint density at radius 2 is 2.18 bits per heavy atom. The van der Waals surface area contributed by atoms with Crippen molar-refractivity contribution >= 4 is 16.3 Å². The van der Waals surface area contributed by atoms with Gasteiger partial charge < -0.3 is 5.73 Å². The summed E-state index contributed by atoms with van der Waals surface area (Å²) < 4.78 is 13.3. The number of nitrogens with two attached hydrogens (primary N) is 1. The van der Waals surface area contributed by atoms with Crippen molar-refractivity contribution in [2.45, 2.75) is 26.7 Å². The highest BCUT2D eigenvalue weighted by Crippen LogP contribution is 2.33. The first-order chi connectivity index (χ1) is 8.11. The largest absolute Gasteiger partial charge is 0.389 e. The van der Waals surface area contributed by atoms with Gasteiger partial charge in [0.15, 0.2) is 0 Å². The summed E-state index contributed by atoms with van der Waals surface area (Å²) >= 11 is 1.49. The molecule has 4 heteroatoms. The third-order valence-electron chi connectivity index (χ3n) is 2.62. The third kappa shape index (κ3) is 2.47. The van der Waals surface area contributed by atoms with E-state index in [0.717, 1.165) is 34.7 Å². The SMILES string of the molecule is CCCc1nc(-c2cc(F)ccc2C)c(N)s1. The quantitative estimate of drug-likeness (QED) is 0.900. The first kappa shape index (κ1) is 12.0. The van der Waals surface area contributed by atoms with Gasteiger partial charge in [-0.15, -0.1) is 11.3 Å². The minimum Gasteiger partial charge on any atom is -0.389 e. The standard InChI is InChI=1S/C13H15FN2S/c1-3-4-11-16-12(13(15)17-11)10-7-9(14)6-5-8(10)2/h5-7H,3-4,15H2,1-2H3. The van der Waals surface area contributed by atoms with Crippen molar-refractivity contribution in [2.24, 2.45) is 0 Å². The van der Waals surface area contributed by atoms with Crippen LogP contribution >= 0.6 is 11.3 Å². The van der Waals surface area contributed by atoms with Gasteiger partial charge in [0, 0.05) is 5.56 Å². The topological polar surface area (TPSA) is 38.9 Å². The van der Waals surface area contributed by atoms with E-state index in [0.29, 0.717) is 5.00 Å². The number of hydrogen-bond donors (Lipinski definition) is 1. The smallest absolute Gasteiger partial charge is 0.123 e. The molecular formula is C13H15FN2S. The van der Waals surface area contributed by atoms with Crippen LogP contribution in [0.25, 0.3) is 11.3 Å². The lowest BCUT2D eigenvalue weighted by atomic mass is 10.1. The number of aromatic nitrogens is 1. The van der Waals surface area contributed by atoms with Gasteiger partial charge in [-0.1, -0.05) is 13.0 Å². The Morgan fingerprint density at radius 3 is 2.88 bits per heavy atom. The molecule has 17 heavy (non-hydrogen) atoms. The van der Waals surface area contributed by atoms with Gasteiger partial charge >= 0.3 is 0 Å². The Morgan fingerprint density at radius 1 is 1.41 bits per heavy atom. The molecule has 2 rings (SSSR count). The van der Waals surface area contributed by atoms with Crippen molar-refractivity contribution in [2.75, 3.05) is 5.73 Å². The van der Waals surface area contributed by atoms with Crippen molar-refractivity contribution in [3.05, 3.63) is 34.6 Å². The van der Waals surface area contributed by atoms with Crippen LogP contribution in [0, 0.1) is 12.7 Å². The number of benzene rings is 1. The number of nitrogens with zero attached hydrogens (tertiary/aromatic N) is 1. The minimum atomic E-state index is -0.255. The van der Waals surface area contributed by atoms with Crippen LogP contribution < -0.4 is 5.73 Å². The monoisotopic (exact) mass is 250 g/mol. The summed E-state index contributed by atoms with van der Waals surface area (Å²) in [7, 11) is 0. The molecular weight excluding hydrogens is 235 g/mol. The average molecular weight is 250 g/mol. The minimum absolute atomic E-state index is 0.255. The Balaban J connectivity index is 2.48. The highest BCUT2D eigenvalue weighted by Gasteiger charge is 2.12. The number of aryl methyl sites for hydroxylation is 2. The van der Waals surface area contributed by atoms with Gasteiger partial charge in [0.05, 0.1) is 5.01 Å². The van der Waals surface area contributed by atoms with Crippen LogP contribution in [0.3, 0.4) is 0 Å². The molecule has 2 N–H and O–H groups in total. The van der Waals surface area contributed by atoms with Gasteiger partial charge in [0.2, 0.25) is 0 Å². The van der Waals surface area contributed by atoms with Crippen molar-refractivity contribution < 1.29 is 4.39 Å². The Labute approximate surface area is 104 Å². The molecule has 0 radical (unpaired) electrons. The highest BCUT2D eigenvalue weighted by molar-refractivity contribution is 7.16. The van der Waals surface area contributed by atoms with Gasteiger partial charge in [0.25, 0.3) is 0 Å². The second-order valence-corrected chi connectivity index (χ2v) is 5.14. The molecule has 1 aromatic heterocycles. The molecule has 2 aromatic rings. The fraction of sp³-hybridized carbons (Fsp3) is 0.308. The van der Waals surface area contributed by atoms with E-state index < -0.39 is 0 Å². The van der Waals surface area contributed by atoms with Crippen molar-refractivity contribution in [3.8, 4) is 11.3 Å². The molecule has 0 saturated carbocycles. The van der Waals surface area contributed by atoms with Crippen molar-refractivity contribution in [3.63, 3.8) is 0 Å².